The molecule has 0 amide bonds. The van der Waals surface area contributed by atoms with Crippen molar-refractivity contribution in [1.82, 2.24) is 14.9 Å². The lowest BCUT2D eigenvalue weighted by molar-refractivity contribution is 0.0692. The Labute approximate surface area is 98.3 Å². The van der Waals surface area contributed by atoms with Gasteiger partial charge < -0.3 is 5.11 Å². The second-order valence-corrected chi connectivity index (χ2v) is 4.82. The third-order valence-corrected chi connectivity index (χ3v) is 3.45. The van der Waals surface area contributed by atoms with Crippen LogP contribution in [0.25, 0.3) is 0 Å². The summed E-state index contributed by atoms with van der Waals surface area (Å²) in [6, 6.07) is -0.690. The number of sulfonamides is 1. The van der Waals surface area contributed by atoms with Gasteiger partial charge in [-0.2, -0.15) is 9.82 Å². The fourth-order valence-electron chi connectivity index (χ4n) is 1.11. The summed E-state index contributed by atoms with van der Waals surface area (Å²) in [6.45, 7) is 1.71. The SMILES string of the molecule is C#CC(CC)NS(=O)(=O)c1[nH]ncc1C(=O)O. The van der Waals surface area contributed by atoms with E-state index in [1.807, 2.05) is 0 Å². The molecule has 0 saturated heterocycles. The highest BCUT2D eigenvalue weighted by molar-refractivity contribution is 7.89. The topological polar surface area (TPSA) is 112 Å². The number of nitrogens with one attached hydrogen (secondary N) is 2. The van der Waals surface area contributed by atoms with Crippen molar-refractivity contribution in [2.45, 2.75) is 24.4 Å². The van der Waals surface area contributed by atoms with Crippen molar-refractivity contribution in [2.75, 3.05) is 0 Å². The zero-order chi connectivity index (χ0) is 13.1. The van der Waals surface area contributed by atoms with Crippen molar-refractivity contribution in [1.29, 1.82) is 0 Å². The van der Waals surface area contributed by atoms with Crippen molar-refractivity contribution >= 4 is 16.0 Å². The predicted octanol–water partition coefficient (Wildman–Crippen LogP) is -0.202. The van der Waals surface area contributed by atoms with Crippen LogP contribution in [0.1, 0.15) is 23.7 Å². The fraction of sp³-hybridized carbons (Fsp3) is 0.333. The normalized spacial score (nSPS) is 12.9. The Hall–Kier alpha value is -1.85. The van der Waals surface area contributed by atoms with Gasteiger partial charge in [0, 0.05) is 0 Å². The van der Waals surface area contributed by atoms with Gasteiger partial charge in [0.25, 0.3) is 10.0 Å². The molecular weight excluding hydrogens is 246 g/mol. The molecule has 7 nitrogen and oxygen atoms in total. The first-order chi connectivity index (χ1) is 7.92. The molecular formula is C9H11N3O4S. The minimum atomic E-state index is -4.01. The summed E-state index contributed by atoms with van der Waals surface area (Å²) in [5, 5.41) is 13.8. The Morgan fingerprint density at radius 3 is 2.88 bits per heavy atom. The van der Waals surface area contributed by atoms with Crippen LogP contribution in [0, 0.1) is 12.3 Å². The summed E-state index contributed by atoms with van der Waals surface area (Å²) < 4.78 is 25.8. The van der Waals surface area contributed by atoms with Gasteiger partial charge in [-0.05, 0) is 6.42 Å². The molecule has 1 unspecified atom stereocenters. The van der Waals surface area contributed by atoms with Crippen LogP contribution in [-0.2, 0) is 10.0 Å². The van der Waals surface area contributed by atoms with Crippen LogP contribution in [0.3, 0.4) is 0 Å². The molecule has 3 N–H and O–H groups in total. The number of aromatic amines is 1. The molecule has 1 heterocycles. The number of carbonyl (C=O) groups is 1. The smallest absolute Gasteiger partial charge is 0.340 e. The van der Waals surface area contributed by atoms with Crippen LogP contribution in [0.5, 0.6) is 0 Å². The lowest BCUT2D eigenvalue weighted by Gasteiger charge is -2.10. The van der Waals surface area contributed by atoms with E-state index in [0.717, 1.165) is 6.20 Å². The number of hydrogen-bond acceptors (Lipinski definition) is 4. The van der Waals surface area contributed by atoms with Crippen molar-refractivity contribution < 1.29 is 18.3 Å². The second kappa shape index (κ2) is 4.99. The van der Waals surface area contributed by atoms with Crippen LogP contribution >= 0.6 is 0 Å². The van der Waals surface area contributed by atoms with Gasteiger partial charge >= 0.3 is 5.97 Å². The van der Waals surface area contributed by atoms with Crippen LogP contribution in [-0.4, -0.2) is 35.7 Å². The van der Waals surface area contributed by atoms with Gasteiger partial charge in [-0.25, -0.2) is 13.2 Å². The van der Waals surface area contributed by atoms with E-state index in [1.165, 1.54) is 0 Å². The minimum absolute atomic E-state index is 0.395. The van der Waals surface area contributed by atoms with Gasteiger partial charge in [0.05, 0.1) is 12.2 Å². The van der Waals surface area contributed by atoms with Gasteiger partial charge in [0.15, 0.2) is 5.03 Å². The molecule has 0 bridgehead atoms. The summed E-state index contributed by atoms with van der Waals surface area (Å²) in [5.74, 6) is 0.865. The predicted molar refractivity (Wildman–Crippen MR) is 58.8 cm³/mol. The monoisotopic (exact) mass is 257 g/mol. The highest BCUT2D eigenvalue weighted by Crippen LogP contribution is 2.12. The molecule has 0 radical (unpaired) electrons. The number of carboxylic acids is 1. The number of hydrogen-bond donors (Lipinski definition) is 3. The summed E-state index contributed by atoms with van der Waals surface area (Å²) >= 11 is 0. The van der Waals surface area contributed by atoms with E-state index in [1.54, 1.807) is 6.92 Å². The molecule has 1 aromatic heterocycles. The molecule has 0 aliphatic carbocycles. The number of aromatic nitrogens is 2. The molecule has 0 aromatic carbocycles. The Morgan fingerprint density at radius 1 is 1.76 bits per heavy atom. The lowest BCUT2D eigenvalue weighted by atomic mass is 10.3. The Balaban J connectivity index is 3.10. The van der Waals surface area contributed by atoms with E-state index in [9.17, 15) is 13.2 Å². The van der Waals surface area contributed by atoms with Crippen LogP contribution in [0.4, 0.5) is 0 Å². The number of nitrogens with zero attached hydrogens (tertiary/aromatic N) is 1. The van der Waals surface area contributed by atoms with E-state index in [4.69, 9.17) is 11.5 Å². The largest absolute Gasteiger partial charge is 0.478 e. The van der Waals surface area contributed by atoms with Gasteiger partial charge in [-0.3, -0.25) is 5.10 Å². The van der Waals surface area contributed by atoms with E-state index in [0.29, 0.717) is 6.42 Å². The van der Waals surface area contributed by atoms with E-state index >= 15 is 0 Å². The third-order valence-electron chi connectivity index (χ3n) is 2.01. The van der Waals surface area contributed by atoms with E-state index in [2.05, 4.69) is 20.8 Å². The van der Waals surface area contributed by atoms with Crippen LogP contribution < -0.4 is 4.72 Å². The molecule has 0 saturated carbocycles. The summed E-state index contributed by atoms with van der Waals surface area (Å²) in [6.07, 6.45) is 6.44. The first-order valence-electron chi connectivity index (χ1n) is 4.67. The number of terminal acetylenes is 1. The van der Waals surface area contributed by atoms with Gasteiger partial charge in [0.1, 0.15) is 5.56 Å². The van der Waals surface area contributed by atoms with E-state index < -0.39 is 32.6 Å². The molecule has 92 valence electrons. The fourth-order valence-corrected chi connectivity index (χ4v) is 2.44. The standard InChI is InChI=1S/C9H11N3O4S/c1-3-6(4-2)12-17(15,16)8-7(9(13)14)5-10-11-8/h1,5-6,12H,4H2,2H3,(H,10,11)(H,13,14). The zero-order valence-electron chi connectivity index (χ0n) is 8.97. The maximum Gasteiger partial charge on any atom is 0.340 e. The number of carboxylic acid groups (broad SMARTS) is 1. The van der Waals surface area contributed by atoms with Crippen molar-refractivity contribution in [3.05, 3.63) is 11.8 Å². The minimum Gasteiger partial charge on any atom is -0.478 e. The Bertz CT molecular complexity index is 555. The number of aromatic carboxylic acids is 1. The highest BCUT2D eigenvalue weighted by atomic mass is 32.2. The molecule has 0 fully saturated rings. The molecule has 1 aromatic rings. The molecule has 0 aliphatic heterocycles. The van der Waals surface area contributed by atoms with E-state index in [-0.39, 0.29) is 0 Å². The van der Waals surface area contributed by atoms with Gasteiger partial charge in [-0.1, -0.05) is 12.8 Å². The van der Waals surface area contributed by atoms with Crippen molar-refractivity contribution in [3.8, 4) is 12.3 Å². The number of rotatable bonds is 5. The number of H-pyrrole nitrogens is 1. The molecule has 0 aliphatic rings. The molecule has 1 rings (SSSR count). The highest BCUT2D eigenvalue weighted by Gasteiger charge is 2.26. The Kier molecular flexibility index (Phi) is 3.88. The summed E-state index contributed by atoms with van der Waals surface area (Å²) in [5.41, 5.74) is -0.427. The quantitative estimate of drug-likeness (QED) is 0.632. The van der Waals surface area contributed by atoms with Crippen LogP contribution in [0.2, 0.25) is 0 Å². The first kappa shape index (κ1) is 13.2. The van der Waals surface area contributed by atoms with Gasteiger partial charge in [-0.15, -0.1) is 6.42 Å². The first-order valence-corrected chi connectivity index (χ1v) is 6.15. The van der Waals surface area contributed by atoms with Gasteiger partial charge in [0.2, 0.25) is 0 Å². The molecule has 0 spiro atoms. The Morgan fingerprint density at radius 2 is 2.41 bits per heavy atom. The zero-order valence-corrected chi connectivity index (χ0v) is 9.78. The second-order valence-electron chi connectivity index (χ2n) is 3.17. The molecule has 8 heteroatoms. The third kappa shape index (κ3) is 2.83. The molecule has 1 atom stereocenters. The molecule has 17 heavy (non-hydrogen) atoms. The average molecular weight is 257 g/mol. The maximum absolute atomic E-state index is 11.8. The van der Waals surface area contributed by atoms with Crippen LogP contribution in [0.15, 0.2) is 11.2 Å². The van der Waals surface area contributed by atoms with Crippen molar-refractivity contribution in [3.63, 3.8) is 0 Å². The van der Waals surface area contributed by atoms with Crippen molar-refractivity contribution in [2.24, 2.45) is 0 Å². The lowest BCUT2D eigenvalue weighted by Crippen LogP contribution is -2.34. The summed E-state index contributed by atoms with van der Waals surface area (Å²) in [7, 11) is -4.01. The maximum atomic E-state index is 11.8. The summed E-state index contributed by atoms with van der Waals surface area (Å²) in [4.78, 5) is 10.8. The average Bonchev–Trinajstić information content (AvgIpc) is 2.75.